The lowest BCUT2D eigenvalue weighted by Crippen LogP contribution is -2.34. The van der Waals surface area contributed by atoms with Gasteiger partial charge in [-0.1, -0.05) is 26.0 Å². The summed E-state index contributed by atoms with van der Waals surface area (Å²) in [6.45, 7) is 5.00. The van der Waals surface area contributed by atoms with E-state index in [0.29, 0.717) is 5.56 Å². The largest absolute Gasteiger partial charge is 0.391 e. The third kappa shape index (κ3) is 4.41. The Kier molecular flexibility index (Phi) is 5.22. The van der Waals surface area contributed by atoms with Gasteiger partial charge in [0.2, 0.25) is 10.0 Å². The molecule has 0 radical (unpaired) electrons. The molecule has 0 fully saturated rings. The van der Waals surface area contributed by atoms with Crippen molar-refractivity contribution in [2.45, 2.75) is 31.8 Å². The molecule has 0 amide bonds. The number of rotatable bonds is 6. The molecule has 0 bridgehead atoms. The number of sulfonamides is 1. The molecule has 0 spiro atoms. The Morgan fingerprint density at radius 3 is 2.21 bits per heavy atom. The molecular formula is C13H19NO4S. The molecule has 0 aliphatic rings. The van der Waals surface area contributed by atoms with E-state index in [0.717, 1.165) is 0 Å². The maximum absolute atomic E-state index is 11.9. The quantitative estimate of drug-likeness (QED) is 0.769. The Labute approximate surface area is 113 Å². The molecule has 1 aromatic carbocycles. The van der Waals surface area contributed by atoms with Crippen molar-refractivity contribution in [2.75, 3.05) is 6.54 Å². The number of Topliss-reactive ketones (excluding diaryl/α,β-unsaturated/α-hetero) is 1. The molecule has 1 aromatic rings. The summed E-state index contributed by atoms with van der Waals surface area (Å²) in [5, 5.41) is 9.58. The Balaban J connectivity index is 2.80. The SMILES string of the molecule is CC(=O)c1ccc(S(=O)(=O)NCC(O)C(C)C)cc1. The van der Waals surface area contributed by atoms with Gasteiger partial charge in [0.1, 0.15) is 0 Å². The fraction of sp³-hybridized carbons (Fsp3) is 0.462. The molecule has 1 atom stereocenters. The van der Waals surface area contributed by atoms with Gasteiger partial charge in [0.25, 0.3) is 0 Å². The van der Waals surface area contributed by atoms with Crippen molar-refractivity contribution in [3.05, 3.63) is 29.8 Å². The number of nitrogens with one attached hydrogen (secondary N) is 1. The van der Waals surface area contributed by atoms with Crippen molar-refractivity contribution in [2.24, 2.45) is 5.92 Å². The molecule has 6 heteroatoms. The first kappa shape index (κ1) is 15.8. The van der Waals surface area contributed by atoms with Gasteiger partial charge in [0, 0.05) is 12.1 Å². The highest BCUT2D eigenvalue weighted by molar-refractivity contribution is 7.89. The third-order valence-corrected chi connectivity index (χ3v) is 4.26. The van der Waals surface area contributed by atoms with E-state index >= 15 is 0 Å². The van der Waals surface area contributed by atoms with Crippen LogP contribution in [0, 0.1) is 5.92 Å². The lowest BCUT2D eigenvalue weighted by Gasteiger charge is -2.15. The lowest BCUT2D eigenvalue weighted by atomic mass is 10.1. The van der Waals surface area contributed by atoms with E-state index in [1.807, 2.05) is 0 Å². The number of hydrogen-bond acceptors (Lipinski definition) is 4. The van der Waals surface area contributed by atoms with Crippen molar-refractivity contribution in [1.82, 2.24) is 4.72 Å². The second-order valence-corrected chi connectivity index (χ2v) is 6.51. The van der Waals surface area contributed by atoms with E-state index in [1.165, 1.54) is 31.2 Å². The molecule has 0 aliphatic heterocycles. The smallest absolute Gasteiger partial charge is 0.240 e. The highest BCUT2D eigenvalue weighted by Gasteiger charge is 2.17. The summed E-state index contributed by atoms with van der Waals surface area (Å²) in [6.07, 6.45) is -0.730. The van der Waals surface area contributed by atoms with Gasteiger partial charge in [0.15, 0.2) is 5.78 Å². The Morgan fingerprint density at radius 1 is 1.26 bits per heavy atom. The van der Waals surface area contributed by atoms with E-state index in [4.69, 9.17) is 0 Å². The van der Waals surface area contributed by atoms with Gasteiger partial charge < -0.3 is 5.11 Å². The van der Waals surface area contributed by atoms with Gasteiger partial charge in [-0.2, -0.15) is 0 Å². The van der Waals surface area contributed by atoms with E-state index < -0.39 is 16.1 Å². The zero-order valence-corrected chi connectivity index (χ0v) is 12.1. The predicted molar refractivity (Wildman–Crippen MR) is 72.5 cm³/mol. The summed E-state index contributed by atoms with van der Waals surface area (Å²) >= 11 is 0. The minimum absolute atomic E-state index is 0.0252. The summed E-state index contributed by atoms with van der Waals surface area (Å²) in [5.74, 6) is -0.144. The number of benzene rings is 1. The molecule has 0 saturated heterocycles. The van der Waals surface area contributed by atoms with Crippen LogP contribution < -0.4 is 4.72 Å². The Bertz CT molecular complexity index is 534. The molecule has 5 nitrogen and oxygen atoms in total. The Hall–Kier alpha value is -1.24. The molecule has 0 heterocycles. The van der Waals surface area contributed by atoms with Crippen molar-refractivity contribution in [3.63, 3.8) is 0 Å². The van der Waals surface area contributed by atoms with Crippen molar-refractivity contribution in [3.8, 4) is 0 Å². The summed E-state index contributed by atoms with van der Waals surface area (Å²) < 4.78 is 26.2. The molecule has 0 aliphatic carbocycles. The lowest BCUT2D eigenvalue weighted by molar-refractivity contribution is 0.101. The summed E-state index contributed by atoms with van der Waals surface area (Å²) in [4.78, 5) is 11.2. The Morgan fingerprint density at radius 2 is 1.79 bits per heavy atom. The van der Waals surface area contributed by atoms with Crippen LogP contribution in [0.1, 0.15) is 31.1 Å². The number of aliphatic hydroxyl groups excluding tert-OH is 1. The fourth-order valence-electron chi connectivity index (χ4n) is 1.38. The molecule has 0 aromatic heterocycles. The molecule has 106 valence electrons. The minimum atomic E-state index is -3.65. The van der Waals surface area contributed by atoms with Crippen LogP contribution in [0.5, 0.6) is 0 Å². The monoisotopic (exact) mass is 285 g/mol. The predicted octanol–water partition coefficient (Wildman–Crippen LogP) is 1.18. The number of ketones is 1. The van der Waals surface area contributed by atoms with Crippen LogP contribution in [0.4, 0.5) is 0 Å². The van der Waals surface area contributed by atoms with Crippen LogP contribution in [0.15, 0.2) is 29.2 Å². The van der Waals surface area contributed by atoms with E-state index in [-0.39, 0.29) is 23.1 Å². The average molecular weight is 285 g/mol. The van der Waals surface area contributed by atoms with Gasteiger partial charge in [-0.15, -0.1) is 0 Å². The van der Waals surface area contributed by atoms with Crippen LogP contribution in [-0.4, -0.2) is 32.0 Å². The first-order valence-electron chi connectivity index (χ1n) is 6.03. The molecule has 19 heavy (non-hydrogen) atoms. The van der Waals surface area contributed by atoms with Crippen molar-refractivity contribution in [1.29, 1.82) is 0 Å². The second kappa shape index (κ2) is 6.27. The van der Waals surface area contributed by atoms with Gasteiger partial charge >= 0.3 is 0 Å². The van der Waals surface area contributed by atoms with Crippen molar-refractivity contribution < 1.29 is 18.3 Å². The van der Waals surface area contributed by atoms with Gasteiger partial charge in [0.05, 0.1) is 11.0 Å². The highest BCUT2D eigenvalue weighted by Crippen LogP contribution is 2.11. The molecule has 2 N–H and O–H groups in total. The van der Waals surface area contributed by atoms with Crippen LogP contribution in [0.2, 0.25) is 0 Å². The van der Waals surface area contributed by atoms with Gasteiger partial charge in [-0.05, 0) is 25.0 Å². The summed E-state index contributed by atoms with van der Waals surface area (Å²) in [6, 6.07) is 5.69. The number of aliphatic hydroxyl groups is 1. The number of hydrogen-bond donors (Lipinski definition) is 2. The molecular weight excluding hydrogens is 266 g/mol. The fourth-order valence-corrected chi connectivity index (χ4v) is 2.43. The number of carbonyl (C=O) groups excluding carboxylic acids is 1. The van der Waals surface area contributed by atoms with Crippen molar-refractivity contribution >= 4 is 15.8 Å². The first-order chi connectivity index (χ1) is 8.74. The van der Waals surface area contributed by atoms with E-state index in [1.54, 1.807) is 13.8 Å². The maximum Gasteiger partial charge on any atom is 0.240 e. The van der Waals surface area contributed by atoms with Gasteiger partial charge in [-0.25, -0.2) is 13.1 Å². The van der Waals surface area contributed by atoms with Crippen LogP contribution in [-0.2, 0) is 10.0 Å². The normalized spacial score (nSPS) is 13.5. The van der Waals surface area contributed by atoms with Gasteiger partial charge in [-0.3, -0.25) is 4.79 Å². The number of carbonyl (C=O) groups is 1. The van der Waals surface area contributed by atoms with E-state index in [9.17, 15) is 18.3 Å². The standard InChI is InChI=1S/C13H19NO4S/c1-9(2)13(16)8-14-19(17,18)12-6-4-11(5-7-12)10(3)15/h4-7,9,13-14,16H,8H2,1-3H3. The van der Waals surface area contributed by atoms with Crippen LogP contribution in [0.3, 0.4) is 0 Å². The minimum Gasteiger partial charge on any atom is -0.391 e. The summed E-state index contributed by atoms with van der Waals surface area (Å²) in [7, 11) is -3.65. The molecule has 0 saturated carbocycles. The van der Waals surface area contributed by atoms with Crippen LogP contribution >= 0.6 is 0 Å². The second-order valence-electron chi connectivity index (χ2n) is 4.74. The van der Waals surface area contributed by atoms with E-state index in [2.05, 4.69) is 4.72 Å². The highest BCUT2D eigenvalue weighted by atomic mass is 32.2. The summed E-state index contributed by atoms with van der Waals surface area (Å²) in [5.41, 5.74) is 0.459. The van der Waals surface area contributed by atoms with Crippen LogP contribution in [0.25, 0.3) is 0 Å². The maximum atomic E-state index is 11.9. The zero-order chi connectivity index (χ0) is 14.6. The third-order valence-electron chi connectivity index (χ3n) is 2.82. The molecule has 1 rings (SSSR count). The molecule has 1 unspecified atom stereocenters. The zero-order valence-electron chi connectivity index (χ0n) is 11.3. The first-order valence-corrected chi connectivity index (χ1v) is 7.51. The topological polar surface area (TPSA) is 83.5 Å². The average Bonchev–Trinajstić information content (AvgIpc) is 2.36.